The van der Waals surface area contributed by atoms with Gasteiger partial charge in [-0.1, -0.05) is 6.07 Å². The van der Waals surface area contributed by atoms with Crippen LogP contribution in [0.3, 0.4) is 0 Å². The van der Waals surface area contributed by atoms with Gasteiger partial charge in [-0.05, 0) is 49.8 Å². The average molecular weight is 518 g/mol. The molecule has 3 aliphatic heterocycles. The Labute approximate surface area is 215 Å². The predicted molar refractivity (Wildman–Crippen MR) is 134 cm³/mol. The Hall–Kier alpha value is -3.48. The summed E-state index contributed by atoms with van der Waals surface area (Å²) in [6.45, 7) is 3.39. The highest BCUT2D eigenvalue weighted by atomic mass is 16.6. The molecule has 6 N–H and O–H groups in total. The number of rotatable bonds is 7. The fraction of sp³-hybridized carbons (Fsp3) is 0.520. The molecule has 0 radical (unpaired) electrons. The number of nitrogens with two attached hydrogens (primary N) is 1. The minimum absolute atomic E-state index is 0.0287. The molecule has 0 bridgehead atoms. The third-order valence-corrected chi connectivity index (χ3v) is 6.63. The van der Waals surface area contributed by atoms with Gasteiger partial charge in [0.15, 0.2) is 0 Å². The molecule has 4 rings (SSSR count). The fourth-order valence-corrected chi connectivity index (χ4v) is 4.84. The molecule has 12 nitrogen and oxygen atoms in total. The van der Waals surface area contributed by atoms with Crippen molar-refractivity contribution in [1.29, 1.82) is 0 Å². The quantitative estimate of drug-likeness (QED) is 0.337. The molecular formula is C25H35N5O7. The lowest BCUT2D eigenvalue weighted by atomic mass is 9.93. The maximum absolute atomic E-state index is 12.1. The van der Waals surface area contributed by atoms with Crippen molar-refractivity contribution in [3.05, 3.63) is 46.4 Å². The Morgan fingerprint density at radius 3 is 2.84 bits per heavy atom. The minimum Gasteiger partial charge on any atom is -0.481 e. The van der Waals surface area contributed by atoms with Crippen molar-refractivity contribution < 1.29 is 33.7 Å². The van der Waals surface area contributed by atoms with Crippen LogP contribution in [-0.2, 0) is 37.0 Å². The van der Waals surface area contributed by atoms with Crippen LogP contribution in [0.15, 0.2) is 29.7 Å². The van der Waals surface area contributed by atoms with Crippen molar-refractivity contribution in [1.82, 2.24) is 15.9 Å². The number of primary amides is 1. The van der Waals surface area contributed by atoms with Gasteiger partial charge in [0.1, 0.15) is 12.6 Å². The van der Waals surface area contributed by atoms with Crippen LogP contribution >= 0.6 is 0 Å². The van der Waals surface area contributed by atoms with Gasteiger partial charge in [-0.3, -0.25) is 10.0 Å². The van der Waals surface area contributed by atoms with Crippen molar-refractivity contribution in [3.63, 3.8) is 0 Å². The molecule has 1 amide bonds. The topological polar surface area (TPSA) is 157 Å². The molecule has 37 heavy (non-hydrogen) atoms. The number of hydrazine groups is 1. The summed E-state index contributed by atoms with van der Waals surface area (Å²) in [4.78, 5) is 23.6. The van der Waals surface area contributed by atoms with E-state index in [0.29, 0.717) is 49.7 Å². The van der Waals surface area contributed by atoms with E-state index in [1.807, 2.05) is 18.2 Å². The fourth-order valence-electron chi connectivity index (χ4n) is 4.84. The molecule has 1 aromatic carbocycles. The summed E-state index contributed by atoms with van der Waals surface area (Å²) in [6, 6.07) is 3.50. The zero-order valence-corrected chi connectivity index (χ0v) is 21.2. The maximum Gasteiger partial charge on any atom is 0.404 e. The highest BCUT2D eigenvalue weighted by molar-refractivity contribution is 5.77. The van der Waals surface area contributed by atoms with Crippen molar-refractivity contribution in [3.8, 4) is 0 Å². The normalized spacial score (nSPS) is 21.7. The molecule has 1 saturated heterocycles. The van der Waals surface area contributed by atoms with Crippen LogP contribution in [0.25, 0.3) is 5.70 Å². The molecule has 1 aromatic rings. The number of allylic oxidation sites excluding steroid dienone is 2. The second-order valence-electron chi connectivity index (χ2n) is 9.02. The molecule has 0 saturated carbocycles. The second-order valence-corrected chi connectivity index (χ2v) is 9.02. The maximum atomic E-state index is 12.1. The minimum atomic E-state index is -0.889. The first-order valence-corrected chi connectivity index (χ1v) is 12.5. The number of amides is 1. The van der Waals surface area contributed by atoms with E-state index in [2.05, 4.69) is 16.1 Å². The zero-order valence-electron chi connectivity index (χ0n) is 21.2. The number of nitrogens with zero attached hydrogens (tertiary/aromatic N) is 1. The number of hydroxylamine groups is 1. The summed E-state index contributed by atoms with van der Waals surface area (Å²) < 4.78 is 21.6. The van der Waals surface area contributed by atoms with Crippen LogP contribution in [0.1, 0.15) is 49.3 Å². The number of carbonyl (C=O) groups excluding carboxylic acids is 2. The van der Waals surface area contributed by atoms with Gasteiger partial charge in [-0.2, -0.15) is 5.17 Å². The molecule has 1 fully saturated rings. The molecule has 3 heterocycles. The van der Waals surface area contributed by atoms with Crippen molar-refractivity contribution in [2.45, 2.75) is 57.9 Å². The van der Waals surface area contributed by atoms with Crippen LogP contribution in [-0.4, -0.2) is 61.4 Å². The molecule has 0 aromatic heterocycles. The Morgan fingerprint density at radius 2 is 2.14 bits per heavy atom. The van der Waals surface area contributed by atoms with Crippen LogP contribution in [0, 0.1) is 0 Å². The average Bonchev–Trinajstić information content (AvgIpc) is 2.97. The number of nitrogens with one attached hydrogen (secondary N) is 3. The van der Waals surface area contributed by atoms with Gasteiger partial charge >= 0.3 is 12.1 Å². The highest BCUT2D eigenvalue weighted by Crippen LogP contribution is 2.37. The lowest BCUT2D eigenvalue weighted by molar-refractivity contribution is -0.146. The number of carbonyl (C=O) groups is 2. The summed E-state index contributed by atoms with van der Waals surface area (Å²) in [6.07, 6.45) is 3.77. The number of anilines is 1. The molecule has 2 atom stereocenters. The number of methoxy groups -OCH3 is 1. The lowest BCUT2D eigenvalue weighted by Crippen LogP contribution is -2.49. The first kappa shape index (κ1) is 26.6. The van der Waals surface area contributed by atoms with Crippen molar-refractivity contribution in [2.24, 2.45) is 5.73 Å². The van der Waals surface area contributed by atoms with Crippen LogP contribution < -0.4 is 21.8 Å². The summed E-state index contributed by atoms with van der Waals surface area (Å²) in [5, 5.41) is 18.6. The second kappa shape index (κ2) is 12.2. The molecule has 202 valence electrons. The summed E-state index contributed by atoms with van der Waals surface area (Å²) in [5.74, 6) is 0.180. The Morgan fingerprint density at radius 1 is 1.30 bits per heavy atom. The Kier molecular flexibility index (Phi) is 8.74. The number of piperidine rings is 1. The molecule has 12 heteroatoms. The van der Waals surface area contributed by atoms with E-state index in [1.54, 1.807) is 6.92 Å². The van der Waals surface area contributed by atoms with E-state index in [9.17, 15) is 14.8 Å². The molecule has 0 unspecified atom stereocenters. The number of esters is 1. The largest absolute Gasteiger partial charge is 0.481 e. The van der Waals surface area contributed by atoms with Gasteiger partial charge in [-0.25, -0.2) is 10.2 Å². The van der Waals surface area contributed by atoms with Gasteiger partial charge in [0.2, 0.25) is 5.88 Å². The van der Waals surface area contributed by atoms with Gasteiger partial charge in [0.05, 0.1) is 26.0 Å². The standard InChI is InChI=1S/C25H35N5O7/c1-3-36-24(31)21-8-6-16(12-27-21)28-20-9-7-17-18(19(20)14-37-25(26)32)13-35-10-4-5-15-11-22(34-2)29-30(33)23(15)17/h7,9,11,16,21,27-29,33H,3-6,8,10,12-14H2,1-2H3,(H2,26,32)/t16-,21+/m1/s1. The molecule has 0 aliphatic carbocycles. The van der Waals surface area contributed by atoms with Gasteiger partial charge in [0.25, 0.3) is 0 Å². The Balaban J connectivity index is 1.67. The van der Waals surface area contributed by atoms with Gasteiger partial charge in [-0.15, -0.1) is 0 Å². The van der Waals surface area contributed by atoms with Gasteiger partial charge < -0.3 is 35.3 Å². The van der Waals surface area contributed by atoms with Gasteiger partial charge in [0, 0.05) is 42.1 Å². The van der Waals surface area contributed by atoms with Crippen LogP contribution in [0.2, 0.25) is 0 Å². The van der Waals surface area contributed by atoms with E-state index in [0.717, 1.165) is 40.4 Å². The summed E-state index contributed by atoms with van der Waals surface area (Å²) in [5.41, 5.74) is 12.5. The van der Waals surface area contributed by atoms with Crippen molar-refractivity contribution in [2.75, 3.05) is 32.2 Å². The van der Waals surface area contributed by atoms with E-state index in [1.165, 1.54) is 7.11 Å². The first-order valence-electron chi connectivity index (χ1n) is 12.5. The predicted octanol–water partition coefficient (Wildman–Crippen LogP) is 2.10. The van der Waals surface area contributed by atoms with Crippen LogP contribution in [0.5, 0.6) is 0 Å². The smallest absolute Gasteiger partial charge is 0.404 e. The van der Waals surface area contributed by atoms with E-state index >= 15 is 0 Å². The monoisotopic (exact) mass is 517 g/mol. The first-order chi connectivity index (χ1) is 17.9. The third kappa shape index (κ3) is 6.27. The molecule has 0 spiro atoms. The van der Waals surface area contributed by atoms with E-state index in [-0.39, 0.29) is 31.3 Å². The number of fused-ring (bicyclic) bond motifs is 2. The van der Waals surface area contributed by atoms with E-state index < -0.39 is 6.09 Å². The SMILES string of the molecule is CCOC(=O)[C@@H]1CC[C@@H](Nc2ccc3c(c2COC(N)=O)COCCCC2=C3N(O)NC(OC)=C2)CN1. The number of hydrogen-bond donors (Lipinski definition) is 5. The number of hydrogen-bond acceptors (Lipinski definition) is 11. The number of ether oxygens (including phenoxy) is 4. The zero-order chi connectivity index (χ0) is 26.4. The molecule has 3 aliphatic rings. The van der Waals surface area contributed by atoms with Crippen molar-refractivity contribution >= 4 is 23.4 Å². The van der Waals surface area contributed by atoms with Crippen LogP contribution in [0.4, 0.5) is 10.5 Å². The van der Waals surface area contributed by atoms with E-state index in [4.69, 9.17) is 24.7 Å². The summed E-state index contributed by atoms with van der Waals surface area (Å²) in [7, 11) is 1.52. The third-order valence-electron chi connectivity index (χ3n) is 6.63. The summed E-state index contributed by atoms with van der Waals surface area (Å²) >= 11 is 0. The lowest BCUT2D eigenvalue weighted by Gasteiger charge is -2.32. The molecular weight excluding hydrogens is 482 g/mol. The Bertz CT molecular complexity index is 1070. The number of benzene rings is 1. The highest BCUT2D eigenvalue weighted by Gasteiger charge is 2.30.